The van der Waals surface area contributed by atoms with Crippen molar-refractivity contribution in [1.29, 1.82) is 0 Å². The molecule has 0 bridgehead atoms. The second-order valence-corrected chi connectivity index (χ2v) is 7.95. The van der Waals surface area contributed by atoms with Crippen LogP contribution in [0.2, 0.25) is 0 Å². The lowest BCUT2D eigenvalue weighted by molar-refractivity contribution is 0.414. The molecule has 0 aliphatic heterocycles. The summed E-state index contributed by atoms with van der Waals surface area (Å²) < 4.78 is 43.0. The quantitative estimate of drug-likeness (QED) is 0.533. The first-order chi connectivity index (χ1) is 13.0. The van der Waals surface area contributed by atoms with Gasteiger partial charge in [0.2, 0.25) is 0 Å². The van der Waals surface area contributed by atoms with Gasteiger partial charge < -0.3 is 4.74 Å². The van der Waals surface area contributed by atoms with E-state index in [1.54, 1.807) is 30.1 Å². The molecule has 0 saturated carbocycles. The molecule has 0 aliphatic carbocycles. The highest BCUT2D eigenvalue weighted by Gasteiger charge is 2.20. The van der Waals surface area contributed by atoms with E-state index in [1.165, 1.54) is 12.3 Å². The van der Waals surface area contributed by atoms with Crippen LogP contribution in [0.25, 0.3) is 11.0 Å². The van der Waals surface area contributed by atoms with Crippen LogP contribution in [0.5, 0.6) is 5.75 Å². The smallest absolute Gasteiger partial charge is 0.264 e. The van der Waals surface area contributed by atoms with Crippen molar-refractivity contribution in [3.8, 4) is 5.75 Å². The molecule has 0 spiro atoms. The number of hydrogen-bond acceptors (Lipinski definition) is 7. The summed E-state index contributed by atoms with van der Waals surface area (Å²) in [6.07, 6.45) is 3.10. The summed E-state index contributed by atoms with van der Waals surface area (Å²) in [6, 6.07) is 12.5. The molecule has 2 aromatic carbocycles. The number of rotatable bonds is 6. The maximum atomic E-state index is 12.7. The summed E-state index contributed by atoms with van der Waals surface area (Å²) in [6.45, 7) is 0.491. The van der Waals surface area contributed by atoms with E-state index in [4.69, 9.17) is 4.74 Å². The fraction of sp³-hybridized carbons (Fsp3) is 0.118. The van der Waals surface area contributed by atoms with Gasteiger partial charge in [-0.15, -0.1) is 0 Å². The van der Waals surface area contributed by atoms with Gasteiger partial charge in [-0.2, -0.15) is 13.8 Å². The highest BCUT2D eigenvalue weighted by molar-refractivity contribution is 7.93. The third kappa shape index (κ3) is 3.62. The fourth-order valence-electron chi connectivity index (χ4n) is 2.67. The monoisotopic (exact) mass is 401 g/mol. The Morgan fingerprint density at radius 3 is 2.89 bits per heavy atom. The van der Waals surface area contributed by atoms with Crippen LogP contribution in [0.3, 0.4) is 0 Å². The van der Waals surface area contributed by atoms with Gasteiger partial charge in [0.15, 0.2) is 0 Å². The Hall–Kier alpha value is -2.98. The Morgan fingerprint density at radius 2 is 2.04 bits per heavy atom. The minimum Gasteiger partial charge on any atom is -0.497 e. The summed E-state index contributed by atoms with van der Waals surface area (Å²) in [4.78, 5) is 0.0919. The molecule has 4 aromatic rings. The van der Waals surface area contributed by atoms with E-state index >= 15 is 0 Å². The van der Waals surface area contributed by atoms with Gasteiger partial charge in [-0.3, -0.25) is 9.40 Å². The van der Waals surface area contributed by atoms with Crippen LogP contribution in [0.15, 0.2) is 59.8 Å². The normalized spacial score (nSPS) is 11.6. The lowest BCUT2D eigenvalue weighted by atomic mass is 10.2. The highest BCUT2D eigenvalue weighted by atomic mass is 32.2. The van der Waals surface area contributed by atoms with Crippen LogP contribution in [-0.4, -0.2) is 34.1 Å². The maximum Gasteiger partial charge on any atom is 0.264 e. The van der Waals surface area contributed by atoms with Gasteiger partial charge in [-0.1, -0.05) is 18.2 Å². The number of methoxy groups -OCH3 is 1. The zero-order valence-corrected chi connectivity index (χ0v) is 15.9. The lowest BCUT2D eigenvalue weighted by Gasteiger charge is -2.06. The van der Waals surface area contributed by atoms with Crippen LogP contribution >= 0.6 is 11.7 Å². The summed E-state index contributed by atoms with van der Waals surface area (Å²) in [5, 5.41) is 4.22. The van der Waals surface area contributed by atoms with E-state index in [-0.39, 0.29) is 4.90 Å². The third-order valence-electron chi connectivity index (χ3n) is 3.90. The number of anilines is 1. The molecule has 0 amide bonds. The van der Waals surface area contributed by atoms with E-state index < -0.39 is 10.0 Å². The number of fused-ring (bicyclic) bond motifs is 1. The first-order valence-electron chi connectivity index (χ1n) is 7.95. The van der Waals surface area contributed by atoms with Crippen molar-refractivity contribution in [3.05, 3.63) is 60.4 Å². The SMILES string of the molecule is COc1cccc(Cn2cc(NS(=O)(=O)c3cccc4nsnc34)cn2)c1. The summed E-state index contributed by atoms with van der Waals surface area (Å²) in [7, 11) is -2.19. The first-order valence-corrected chi connectivity index (χ1v) is 10.2. The average molecular weight is 401 g/mol. The van der Waals surface area contributed by atoms with Gasteiger partial charge in [0.05, 0.1) is 37.3 Å². The molecule has 0 saturated heterocycles. The van der Waals surface area contributed by atoms with Crippen molar-refractivity contribution in [2.24, 2.45) is 0 Å². The number of nitrogens with zero attached hydrogens (tertiary/aromatic N) is 4. The number of nitrogens with one attached hydrogen (secondary N) is 1. The molecule has 0 atom stereocenters. The topological polar surface area (TPSA) is 99.0 Å². The van der Waals surface area contributed by atoms with E-state index in [2.05, 4.69) is 18.6 Å². The van der Waals surface area contributed by atoms with Crippen LogP contribution in [-0.2, 0) is 16.6 Å². The van der Waals surface area contributed by atoms with Crippen LogP contribution < -0.4 is 9.46 Å². The molecule has 8 nitrogen and oxygen atoms in total. The molecular formula is C17H15N5O3S2. The minimum absolute atomic E-state index is 0.0919. The van der Waals surface area contributed by atoms with E-state index in [0.717, 1.165) is 23.0 Å². The van der Waals surface area contributed by atoms with Gasteiger partial charge in [0.1, 0.15) is 21.7 Å². The number of ether oxygens (including phenoxy) is 1. The van der Waals surface area contributed by atoms with Crippen molar-refractivity contribution in [1.82, 2.24) is 18.5 Å². The molecule has 138 valence electrons. The van der Waals surface area contributed by atoms with Crippen LogP contribution in [0, 0.1) is 0 Å². The van der Waals surface area contributed by atoms with Crippen molar-refractivity contribution in [2.45, 2.75) is 11.4 Å². The first kappa shape index (κ1) is 17.4. The highest BCUT2D eigenvalue weighted by Crippen LogP contribution is 2.23. The second-order valence-electron chi connectivity index (χ2n) is 5.77. The van der Waals surface area contributed by atoms with E-state index in [1.807, 2.05) is 24.3 Å². The predicted octanol–water partition coefficient (Wildman–Crippen LogP) is 2.75. The van der Waals surface area contributed by atoms with Gasteiger partial charge in [0.25, 0.3) is 10.0 Å². The van der Waals surface area contributed by atoms with Gasteiger partial charge >= 0.3 is 0 Å². The molecule has 0 radical (unpaired) electrons. The fourth-order valence-corrected chi connectivity index (χ4v) is 4.46. The Morgan fingerprint density at radius 1 is 1.19 bits per heavy atom. The molecule has 0 fully saturated rings. The van der Waals surface area contributed by atoms with Crippen LogP contribution in [0.1, 0.15) is 5.56 Å². The van der Waals surface area contributed by atoms with E-state index in [9.17, 15) is 8.42 Å². The van der Waals surface area contributed by atoms with Crippen molar-refractivity contribution in [3.63, 3.8) is 0 Å². The Labute approximate surface area is 159 Å². The number of aromatic nitrogens is 4. The molecule has 10 heteroatoms. The number of sulfonamides is 1. The van der Waals surface area contributed by atoms with Crippen molar-refractivity contribution >= 4 is 38.5 Å². The zero-order chi connectivity index (χ0) is 18.9. The molecule has 4 rings (SSSR count). The molecule has 1 N–H and O–H groups in total. The zero-order valence-electron chi connectivity index (χ0n) is 14.2. The van der Waals surface area contributed by atoms with Crippen molar-refractivity contribution in [2.75, 3.05) is 11.8 Å². The molecular weight excluding hydrogens is 386 g/mol. The predicted molar refractivity (Wildman–Crippen MR) is 103 cm³/mol. The Kier molecular flexibility index (Phi) is 4.50. The lowest BCUT2D eigenvalue weighted by Crippen LogP contribution is -2.13. The van der Waals surface area contributed by atoms with Crippen LogP contribution in [0.4, 0.5) is 5.69 Å². The Balaban J connectivity index is 1.56. The second kappa shape index (κ2) is 6.97. The van der Waals surface area contributed by atoms with Gasteiger partial charge in [-0.25, -0.2) is 8.42 Å². The van der Waals surface area contributed by atoms with Gasteiger partial charge in [-0.05, 0) is 29.8 Å². The molecule has 2 aromatic heterocycles. The molecule has 27 heavy (non-hydrogen) atoms. The number of benzene rings is 2. The molecule has 2 heterocycles. The summed E-state index contributed by atoms with van der Waals surface area (Å²) >= 11 is 0.979. The third-order valence-corrected chi connectivity index (χ3v) is 5.86. The van der Waals surface area contributed by atoms with Crippen molar-refractivity contribution < 1.29 is 13.2 Å². The standard InChI is InChI=1S/C17H15N5O3S2/c1-25-14-5-2-4-12(8-14)10-22-11-13(9-18-22)21-27(23,24)16-7-3-6-15-17(16)20-26-19-15/h2-9,11,21H,10H2,1H3. The number of hydrogen-bond donors (Lipinski definition) is 1. The maximum absolute atomic E-state index is 12.7. The summed E-state index contributed by atoms with van der Waals surface area (Å²) in [5.41, 5.74) is 2.28. The average Bonchev–Trinajstić information content (AvgIpc) is 3.30. The van der Waals surface area contributed by atoms with Gasteiger partial charge in [0, 0.05) is 6.20 Å². The largest absolute Gasteiger partial charge is 0.497 e. The molecule has 0 aliphatic rings. The minimum atomic E-state index is -3.80. The van der Waals surface area contributed by atoms with E-state index in [0.29, 0.717) is 23.3 Å². The Bertz CT molecular complexity index is 1200. The molecule has 0 unspecified atom stereocenters. The summed E-state index contributed by atoms with van der Waals surface area (Å²) in [5.74, 6) is 0.755.